The van der Waals surface area contributed by atoms with Gasteiger partial charge in [0.2, 0.25) is 5.91 Å². The van der Waals surface area contributed by atoms with Crippen LogP contribution in [0.3, 0.4) is 0 Å². The van der Waals surface area contributed by atoms with Crippen molar-refractivity contribution in [3.8, 4) is 0 Å². The molecule has 0 radical (unpaired) electrons. The van der Waals surface area contributed by atoms with Crippen molar-refractivity contribution in [2.24, 2.45) is 5.73 Å². The van der Waals surface area contributed by atoms with E-state index >= 15 is 0 Å². The molecule has 1 aromatic heterocycles. The van der Waals surface area contributed by atoms with E-state index in [0.717, 1.165) is 64.1 Å². The summed E-state index contributed by atoms with van der Waals surface area (Å²) in [6.45, 7) is 4.22. The van der Waals surface area contributed by atoms with Gasteiger partial charge < -0.3 is 10.6 Å². The van der Waals surface area contributed by atoms with Crippen molar-refractivity contribution in [2.45, 2.75) is 44.2 Å². The van der Waals surface area contributed by atoms with E-state index in [0.29, 0.717) is 0 Å². The quantitative estimate of drug-likeness (QED) is 0.916. The monoisotopic (exact) mass is 302 g/mol. The number of carbonyl (C=O) groups is 1. The molecule has 2 heterocycles. The fraction of sp³-hybridized carbons (Fsp3) is 0.647. The van der Waals surface area contributed by atoms with Crippen LogP contribution >= 0.6 is 0 Å². The number of hydrogen-bond acceptors (Lipinski definition) is 4. The molecule has 0 bridgehead atoms. The molecule has 1 saturated carbocycles. The number of carbonyl (C=O) groups excluding carboxylic acids is 1. The second kappa shape index (κ2) is 6.75. The highest BCUT2D eigenvalue weighted by molar-refractivity contribution is 5.86. The normalized spacial score (nSPS) is 22.5. The first-order valence-corrected chi connectivity index (χ1v) is 8.38. The zero-order valence-corrected chi connectivity index (χ0v) is 13.2. The van der Waals surface area contributed by atoms with Gasteiger partial charge in [0.1, 0.15) is 0 Å². The summed E-state index contributed by atoms with van der Waals surface area (Å²) in [7, 11) is 0. The Morgan fingerprint density at radius 1 is 1.14 bits per heavy atom. The molecule has 0 spiro atoms. The van der Waals surface area contributed by atoms with Crippen LogP contribution in [-0.2, 0) is 11.3 Å². The first-order chi connectivity index (χ1) is 10.7. The van der Waals surface area contributed by atoms with Gasteiger partial charge in [0.15, 0.2) is 0 Å². The van der Waals surface area contributed by atoms with Crippen LogP contribution < -0.4 is 5.73 Å². The van der Waals surface area contributed by atoms with Crippen molar-refractivity contribution in [1.82, 2.24) is 14.8 Å². The molecule has 2 N–H and O–H groups in total. The fourth-order valence-electron chi connectivity index (χ4n) is 3.54. The molecular formula is C17H26N4O. The Morgan fingerprint density at radius 2 is 1.86 bits per heavy atom. The number of aromatic nitrogens is 1. The highest BCUT2D eigenvalue weighted by Crippen LogP contribution is 2.28. The van der Waals surface area contributed by atoms with Gasteiger partial charge in [-0.25, -0.2) is 0 Å². The standard InChI is InChI=1S/C17H26N4O/c18-17(7-3-1-4-8-17)16(22)21-12-10-20(11-13-21)14-15-6-2-5-9-19-15/h2,5-6,9H,1,3-4,7-8,10-14,18H2. The summed E-state index contributed by atoms with van der Waals surface area (Å²) < 4.78 is 0. The van der Waals surface area contributed by atoms with Crippen LogP contribution in [0.15, 0.2) is 24.4 Å². The minimum Gasteiger partial charge on any atom is -0.339 e. The average Bonchev–Trinajstić information content (AvgIpc) is 2.56. The minimum atomic E-state index is -0.596. The summed E-state index contributed by atoms with van der Waals surface area (Å²) >= 11 is 0. The first kappa shape index (κ1) is 15.4. The summed E-state index contributed by atoms with van der Waals surface area (Å²) in [6.07, 6.45) is 6.91. The van der Waals surface area contributed by atoms with E-state index in [1.54, 1.807) is 0 Å². The lowest BCUT2D eigenvalue weighted by Crippen LogP contribution is -2.60. The van der Waals surface area contributed by atoms with Gasteiger partial charge in [-0.1, -0.05) is 25.3 Å². The molecule has 0 aromatic carbocycles. The van der Waals surface area contributed by atoms with Crippen LogP contribution in [0, 0.1) is 0 Å². The van der Waals surface area contributed by atoms with Gasteiger partial charge in [-0.2, -0.15) is 0 Å². The maximum absolute atomic E-state index is 12.7. The van der Waals surface area contributed by atoms with Gasteiger partial charge in [-0.15, -0.1) is 0 Å². The van der Waals surface area contributed by atoms with E-state index in [9.17, 15) is 4.79 Å². The smallest absolute Gasteiger partial charge is 0.242 e. The molecule has 1 amide bonds. The third-order valence-corrected chi connectivity index (χ3v) is 4.94. The van der Waals surface area contributed by atoms with E-state index in [2.05, 4.69) is 16.0 Å². The van der Waals surface area contributed by atoms with E-state index < -0.39 is 5.54 Å². The molecule has 0 unspecified atom stereocenters. The van der Waals surface area contributed by atoms with Crippen molar-refractivity contribution < 1.29 is 4.79 Å². The van der Waals surface area contributed by atoms with E-state index in [1.807, 2.05) is 23.2 Å². The maximum atomic E-state index is 12.7. The van der Waals surface area contributed by atoms with Crippen LogP contribution in [-0.4, -0.2) is 52.4 Å². The van der Waals surface area contributed by atoms with Crippen molar-refractivity contribution in [2.75, 3.05) is 26.2 Å². The van der Waals surface area contributed by atoms with Crippen LogP contribution in [0.25, 0.3) is 0 Å². The summed E-state index contributed by atoms with van der Waals surface area (Å²) in [4.78, 5) is 21.4. The lowest BCUT2D eigenvalue weighted by molar-refractivity contribution is -0.140. The topological polar surface area (TPSA) is 62.5 Å². The van der Waals surface area contributed by atoms with Gasteiger partial charge in [-0.05, 0) is 25.0 Å². The van der Waals surface area contributed by atoms with E-state index in [1.165, 1.54) is 6.42 Å². The molecular weight excluding hydrogens is 276 g/mol. The zero-order valence-electron chi connectivity index (χ0n) is 13.2. The van der Waals surface area contributed by atoms with Crippen molar-refractivity contribution in [3.05, 3.63) is 30.1 Å². The Hall–Kier alpha value is -1.46. The Kier molecular flexibility index (Phi) is 4.74. The molecule has 1 saturated heterocycles. The minimum absolute atomic E-state index is 0.171. The molecule has 2 aliphatic rings. The molecule has 2 fully saturated rings. The van der Waals surface area contributed by atoms with Crippen molar-refractivity contribution in [3.63, 3.8) is 0 Å². The fourth-order valence-corrected chi connectivity index (χ4v) is 3.54. The van der Waals surface area contributed by atoms with E-state index in [-0.39, 0.29) is 5.91 Å². The van der Waals surface area contributed by atoms with Crippen molar-refractivity contribution in [1.29, 1.82) is 0 Å². The van der Waals surface area contributed by atoms with Crippen molar-refractivity contribution >= 4 is 5.91 Å². The lowest BCUT2D eigenvalue weighted by Gasteiger charge is -2.41. The first-order valence-electron chi connectivity index (χ1n) is 8.38. The molecule has 5 nitrogen and oxygen atoms in total. The third-order valence-electron chi connectivity index (χ3n) is 4.94. The van der Waals surface area contributed by atoms with Gasteiger partial charge in [0.05, 0.1) is 11.2 Å². The second-order valence-corrected chi connectivity index (χ2v) is 6.61. The number of nitrogens with two attached hydrogens (primary N) is 1. The summed E-state index contributed by atoms with van der Waals surface area (Å²) in [5.74, 6) is 0.171. The molecule has 1 aromatic rings. The zero-order chi connectivity index (χ0) is 15.4. The summed E-state index contributed by atoms with van der Waals surface area (Å²) in [5.41, 5.74) is 6.87. The Balaban J connectivity index is 1.52. The molecule has 120 valence electrons. The van der Waals surface area contributed by atoms with Crippen LogP contribution in [0.1, 0.15) is 37.8 Å². The van der Waals surface area contributed by atoms with Crippen LogP contribution in [0.4, 0.5) is 0 Å². The van der Waals surface area contributed by atoms with E-state index in [4.69, 9.17) is 5.73 Å². The van der Waals surface area contributed by atoms with Gasteiger partial charge in [0, 0.05) is 38.9 Å². The van der Waals surface area contributed by atoms with Crippen LogP contribution in [0.5, 0.6) is 0 Å². The summed E-state index contributed by atoms with van der Waals surface area (Å²) in [6, 6.07) is 6.00. The highest BCUT2D eigenvalue weighted by Gasteiger charge is 2.39. The highest BCUT2D eigenvalue weighted by atomic mass is 16.2. The molecule has 3 rings (SSSR count). The second-order valence-electron chi connectivity index (χ2n) is 6.61. The lowest BCUT2D eigenvalue weighted by atomic mass is 9.81. The largest absolute Gasteiger partial charge is 0.339 e. The van der Waals surface area contributed by atoms with Gasteiger partial charge in [-0.3, -0.25) is 14.7 Å². The maximum Gasteiger partial charge on any atom is 0.242 e. The number of rotatable bonds is 3. The Morgan fingerprint density at radius 3 is 2.50 bits per heavy atom. The number of amides is 1. The molecule has 1 aliphatic heterocycles. The Bertz CT molecular complexity index is 491. The van der Waals surface area contributed by atoms with Gasteiger partial charge in [0.25, 0.3) is 0 Å². The third kappa shape index (κ3) is 3.47. The number of nitrogens with zero attached hydrogens (tertiary/aromatic N) is 3. The summed E-state index contributed by atoms with van der Waals surface area (Å²) in [5, 5.41) is 0. The number of hydrogen-bond donors (Lipinski definition) is 1. The number of piperazine rings is 1. The number of pyridine rings is 1. The predicted octanol–water partition coefficient (Wildman–Crippen LogP) is 1.39. The SMILES string of the molecule is NC1(C(=O)N2CCN(Cc3ccccn3)CC2)CCCCC1. The molecule has 1 aliphatic carbocycles. The predicted molar refractivity (Wildman–Crippen MR) is 86.1 cm³/mol. The average molecular weight is 302 g/mol. The molecule has 5 heteroatoms. The molecule has 22 heavy (non-hydrogen) atoms. The van der Waals surface area contributed by atoms with Gasteiger partial charge >= 0.3 is 0 Å². The van der Waals surface area contributed by atoms with Crippen LogP contribution in [0.2, 0.25) is 0 Å². The molecule has 0 atom stereocenters. The Labute approximate surface area is 132 Å².